The quantitative estimate of drug-likeness (QED) is 0.226. The molecule has 4 N–H and O–H groups in total. The Bertz CT molecular complexity index is 2040. The molecule has 6 aliphatic rings. The second-order valence-corrected chi connectivity index (χ2v) is 17.7. The molecule has 0 bridgehead atoms. The topological polar surface area (TPSA) is 140 Å². The highest BCUT2D eigenvalue weighted by atomic mass is 79.9. The second kappa shape index (κ2) is 14.9. The Hall–Kier alpha value is -4.07. The van der Waals surface area contributed by atoms with Crippen LogP contribution in [0.4, 0.5) is 23.2 Å². The van der Waals surface area contributed by atoms with Crippen molar-refractivity contribution in [1.29, 1.82) is 0 Å². The lowest BCUT2D eigenvalue weighted by Gasteiger charge is -2.45. The van der Waals surface area contributed by atoms with Gasteiger partial charge in [-0.25, -0.2) is 14.8 Å². The zero-order valence-corrected chi connectivity index (χ0v) is 34.0. The molecule has 2 aromatic carbocycles. The Kier molecular flexibility index (Phi) is 10.8. The van der Waals surface area contributed by atoms with Crippen LogP contribution in [0.2, 0.25) is 0 Å². The highest BCUT2D eigenvalue weighted by Crippen LogP contribution is 2.64. The van der Waals surface area contributed by atoms with E-state index in [0.29, 0.717) is 69.9 Å². The molecule has 8 rings (SSSR count). The minimum Gasteiger partial charge on any atom is -0.369 e. The van der Waals surface area contributed by atoms with Gasteiger partial charge in [0.05, 0.1) is 18.8 Å². The van der Waals surface area contributed by atoms with E-state index in [-0.39, 0.29) is 35.8 Å². The number of alkyl halides is 4. The molecule has 2 heterocycles. The number of rotatable bonds is 6. The Morgan fingerprint density at radius 3 is 1.51 bits per heavy atom. The average Bonchev–Trinajstić information content (AvgIpc) is 3.77. The zero-order chi connectivity index (χ0) is 41.2. The first kappa shape index (κ1) is 41.1. The molecule has 2 aromatic rings. The van der Waals surface area contributed by atoms with Crippen molar-refractivity contribution in [2.75, 3.05) is 0 Å². The van der Waals surface area contributed by atoms with Crippen molar-refractivity contribution >= 4 is 45.4 Å². The Labute approximate surface area is 338 Å². The number of fused-ring (bicyclic) bond motifs is 6. The third kappa shape index (κ3) is 6.43. The van der Waals surface area contributed by atoms with Crippen molar-refractivity contribution in [2.45, 2.75) is 140 Å². The van der Waals surface area contributed by atoms with Crippen LogP contribution in [-0.2, 0) is 43.0 Å². The van der Waals surface area contributed by atoms with Gasteiger partial charge in [0.2, 0.25) is 0 Å². The maximum Gasteiger partial charge on any atom is 0.345 e. The SMILES string of the molecule is CC(C)N1C(=O)C2(N=C1N)c1cc(Br)ccc1CC21CCC(OC(F)F)CC1.[C-]#[N+]c1ccc2c(c1)C1(N=C(N)N(C(C)C)C1=O)C1(CCC(OC(F)F)CC1)C2. The maximum atomic E-state index is 13.8. The largest absolute Gasteiger partial charge is 0.369 e. The number of guanidine groups is 2. The number of nitrogens with zero attached hydrogens (tertiary/aromatic N) is 5. The predicted molar refractivity (Wildman–Crippen MR) is 208 cm³/mol. The number of aliphatic imine (C=N–C) groups is 2. The lowest BCUT2D eigenvalue weighted by Crippen LogP contribution is -2.53. The van der Waals surface area contributed by atoms with Gasteiger partial charge in [-0.3, -0.25) is 19.4 Å². The number of halogens is 5. The monoisotopic (exact) mass is 857 g/mol. The first-order chi connectivity index (χ1) is 26.9. The lowest BCUT2D eigenvalue weighted by atomic mass is 9.61. The number of nitrogens with two attached hydrogens (primary N) is 2. The summed E-state index contributed by atoms with van der Waals surface area (Å²) in [5.74, 6) is 0.124. The third-order valence-corrected chi connectivity index (χ3v) is 13.7. The third-order valence-electron chi connectivity index (χ3n) is 13.2. The van der Waals surface area contributed by atoms with E-state index in [0.717, 1.165) is 26.7 Å². The Balaban J connectivity index is 0.000000174. The molecule has 16 heteroatoms. The molecule has 0 aromatic heterocycles. The standard InChI is InChI=1S/C21H24F2N4O2.C20H24BrF2N3O2/c1-12(2)27-17(28)21(26-19(27)24)16-10-14(25-3)5-4-13(16)11-20(21)8-6-15(7-9-20)29-18(22)23;1-11(2)26-16(27)20(25-18(26)24)15-9-13(21)4-3-12(15)10-19(20)7-5-14(6-8-19)28-17(22)23/h4-5,10,12,15,18H,6-9,11H2,1-2H3,(H2,24,26);3-4,9,11,14,17H,5-8,10H2,1-2H3,(H2,24,25). The smallest absolute Gasteiger partial charge is 0.345 e. The normalized spacial score (nSPS) is 31.6. The molecule has 2 saturated carbocycles. The van der Waals surface area contributed by atoms with E-state index in [4.69, 9.17) is 37.5 Å². The molecule has 306 valence electrons. The highest BCUT2D eigenvalue weighted by molar-refractivity contribution is 9.10. The second-order valence-electron chi connectivity index (χ2n) is 16.8. The molecule has 2 atom stereocenters. The van der Waals surface area contributed by atoms with Gasteiger partial charge in [0.15, 0.2) is 28.7 Å². The highest BCUT2D eigenvalue weighted by Gasteiger charge is 2.68. The van der Waals surface area contributed by atoms with E-state index in [1.807, 2.05) is 52.0 Å². The number of benzene rings is 2. The number of hydrogen-bond donors (Lipinski definition) is 2. The fraction of sp³-hybridized carbons (Fsp3) is 0.585. The fourth-order valence-electron chi connectivity index (χ4n) is 10.8. The van der Waals surface area contributed by atoms with Gasteiger partial charge in [0.25, 0.3) is 11.8 Å². The van der Waals surface area contributed by atoms with Gasteiger partial charge in [-0.05, 0) is 126 Å². The summed E-state index contributed by atoms with van der Waals surface area (Å²) in [6.45, 7) is 9.38. The van der Waals surface area contributed by atoms with E-state index < -0.39 is 47.3 Å². The molecule has 4 aliphatic carbocycles. The van der Waals surface area contributed by atoms with Crippen LogP contribution in [-0.4, -0.2) is 71.0 Å². The van der Waals surface area contributed by atoms with E-state index in [1.165, 1.54) is 4.90 Å². The minimum atomic E-state index is -2.80. The summed E-state index contributed by atoms with van der Waals surface area (Å²) in [4.78, 5) is 43.7. The number of amides is 2. The summed E-state index contributed by atoms with van der Waals surface area (Å²) in [5.41, 5.74) is 13.2. The molecular formula is C41H48BrF4N7O4. The Morgan fingerprint density at radius 2 is 1.14 bits per heavy atom. The summed E-state index contributed by atoms with van der Waals surface area (Å²) >= 11 is 3.52. The van der Waals surface area contributed by atoms with Gasteiger partial charge < -0.3 is 20.9 Å². The van der Waals surface area contributed by atoms with Crippen molar-refractivity contribution in [3.8, 4) is 0 Å². The van der Waals surface area contributed by atoms with Gasteiger partial charge in [0, 0.05) is 27.4 Å². The van der Waals surface area contributed by atoms with Crippen LogP contribution < -0.4 is 11.5 Å². The number of carbonyl (C=O) groups is 2. The van der Waals surface area contributed by atoms with Gasteiger partial charge in [0.1, 0.15) is 0 Å². The van der Waals surface area contributed by atoms with Crippen LogP contribution in [0.25, 0.3) is 4.85 Å². The molecule has 11 nitrogen and oxygen atoms in total. The molecule has 2 fully saturated rings. The molecule has 2 aliphatic heterocycles. The van der Waals surface area contributed by atoms with Crippen molar-refractivity contribution in [1.82, 2.24) is 9.80 Å². The van der Waals surface area contributed by atoms with Crippen molar-refractivity contribution in [2.24, 2.45) is 32.3 Å². The van der Waals surface area contributed by atoms with E-state index >= 15 is 0 Å². The van der Waals surface area contributed by atoms with Crippen LogP contribution in [0.5, 0.6) is 0 Å². The maximum absolute atomic E-state index is 13.8. The summed E-state index contributed by atoms with van der Waals surface area (Å²) < 4.78 is 61.1. The number of carbonyl (C=O) groups excluding carboxylic acids is 2. The average molecular weight is 859 g/mol. The summed E-state index contributed by atoms with van der Waals surface area (Å²) in [6, 6.07) is 11.1. The Morgan fingerprint density at radius 1 is 0.737 bits per heavy atom. The summed E-state index contributed by atoms with van der Waals surface area (Å²) in [5, 5.41) is 0. The van der Waals surface area contributed by atoms with Gasteiger partial charge in [-0.1, -0.05) is 40.2 Å². The van der Waals surface area contributed by atoms with Crippen molar-refractivity contribution < 1.29 is 36.6 Å². The molecule has 0 radical (unpaired) electrons. The van der Waals surface area contributed by atoms with Crippen molar-refractivity contribution in [3.63, 3.8) is 0 Å². The van der Waals surface area contributed by atoms with E-state index in [1.54, 1.807) is 17.0 Å². The molecule has 0 saturated heterocycles. The van der Waals surface area contributed by atoms with E-state index in [9.17, 15) is 27.2 Å². The number of ether oxygens (including phenoxy) is 2. The van der Waals surface area contributed by atoms with Crippen LogP contribution >= 0.6 is 15.9 Å². The predicted octanol–water partition coefficient (Wildman–Crippen LogP) is 7.66. The van der Waals surface area contributed by atoms with Crippen LogP contribution in [0.15, 0.2) is 50.9 Å². The minimum absolute atomic E-state index is 0.106. The lowest BCUT2D eigenvalue weighted by molar-refractivity contribution is -0.179. The molecule has 2 amide bonds. The van der Waals surface area contributed by atoms with Crippen LogP contribution in [0, 0.1) is 17.4 Å². The van der Waals surface area contributed by atoms with Crippen LogP contribution in [0.1, 0.15) is 101 Å². The molecule has 2 unspecified atom stereocenters. The fourth-order valence-corrected chi connectivity index (χ4v) is 11.2. The van der Waals surface area contributed by atoms with Gasteiger partial charge in [-0.2, -0.15) is 17.6 Å². The van der Waals surface area contributed by atoms with Gasteiger partial charge >= 0.3 is 13.2 Å². The van der Waals surface area contributed by atoms with Crippen molar-refractivity contribution in [3.05, 3.63) is 74.5 Å². The molecular weight excluding hydrogens is 810 g/mol. The zero-order valence-electron chi connectivity index (χ0n) is 32.4. The van der Waals surface area contributed by atoms with Gasteiger partial charge in [-0.15, -0.1) is 0 Å². The first-order valence-corrected chi connectivity index (χ1v) is 20.3. The summed E-state index contributed by atoms with van der Waals surface area (Å²) in [7, 11) is 0. The first-order valence-electron chi connectivity index (χ1n) is 19.5. The van der Waals surface area contributed by atoms with E-state index in [2.05, 4.69) is 20.8 Å². The summed E-state index contributed by atoms with van der Waals surface area (Å²) in [6.07, 6.45) is 4.33. The molecule has 4 spiro atoms. The number of hydrogen-bond acceptors (Lipinski definition) is 8. The van der Waals surface area contributed by atoms with Crippen LogP contribution in [0.3, 0.4) is 0 Å². The molecule has 57 heavy (non-hydrogen) atoms.